The molecule has 0 fully saturated rings. The highest BCUT2D eigenvalue weighted by molar-refractivity contribution is 5.82. The maximum absolute atomic E-state index is 12.1. The first kappa shape index (κ1) is 41.7. The average molecular weight is 679 g/mol. The molecule has 3 rings (SSSR count). The zero-order valence-corrected chi connectivity index (χ0v) is 33.1. The summed E-state index contributed by atoms with van der Waals surface area (Å²) in [6.45, 7) is 9.12. The monoisotopic (exact) mass is 679 g/mol. The molecule has 276 valence electrons. The largest absolute Gasteiger partial charge is 0.493 e. The Labute approximate surface area is 309 Å². The standard InChI is InChI=1S/C48H74N2/c1-5-9-13-15-16-17-18-19-20-21-22-23-24-25-26-28-32-42-33-29-30-36-44(42)48-46(35-12-8-4)45(34-11-7-3)47(50(48)49)43-39-37-41(38-40-43)31-27-14-10-6-2/h24-25,29-30,33,36-40H,5-23,26-28,31-32,34-35H2,1-4H3. The molecule has 1 aliphatic heterocycles. The Balaban J connectivity index is 1.61. The minimum Gasteiger partial charge on any atom is -0.493 e. The third-order valence-electron chi connectivity index (χ3n) is 10.7. The van der Waals surface area contributed by atoms with Gasteiger partial charge in [-0.3, -0.25) is 0 Å². The van der Waals surface area contributed by atoms with Crippen molar-refractivity contribution in [3.63, 3.8) is 0 Å². The Bertz CT molecular complexity index is 1310. The molecule has 2 aromatic carbocycles. The van der Waals surface area contributed by atoms with Crippen LogP contribution in [0, 0.1) is 0 Å². The number of unbranched alkanes of at least 4 members (excludes halogenated alkanes) is 17. The summed E-state index contributed by atoms with van der Waals surface area (Å²) in [5, 5.41) is 0. The van der Waals surface area contributed by atoms with E-state index in [0.717, 1.165) is 81.2 Å². The molecule has 0 N–H and O–H groups in total. The first-order valence-corrected chi connectivity index (χ1v) is 21.4. The molecule has 0 bridgehead atoms. The maximum atomic E-state index is 12.1. The third kappa shape index (κ3) is 14.5. The van der Waals surface area contributed by atoms with Crippen molar-refractivity contribution in [2.24, 2.45) is 0 Å². The van der Waals surface area contributed by atoms with Gasteiger partial charge in [0, 0.05) is 22.3 Å². The highest BCUT2D eigenvalue weighted by atomic mass is 15.2. The second-order valence-corrected chi connectivity index (χ2v) is 15.0. The lowest BCUT2D eigenvalue weighted by Gasteiger charge is -2.13. The number of benzene rings is 2. The lowest BCUT2D eigenvalue weighted by Crippen LogP contribution is -2.05. The van der Waals surface area contributed by atoms with Gasteiger partial charge in [-0.2, -0.15) is 0 Å². The minimum absolute atomic E-state index is 1.01. The van der Waals surface area contributed by atoms with Gasteiger partial charge in [0.05, 0.1) is 0 Å². The van der Waals surface area contributed by atoms with Crippen LogP contribution < -0.4 is 0 Å². The average Bonchev–Trinajstić information content (AvgIpc) is 3.41. The smallest absolute Gasteiger partial charge is 0.211 e. The molecule has 1 aliphatic rings. The van der Waals surface area contributed by atoms with Gasteiger partial charge in [0.25, 0.3) is 0 Å². The van der Waals surface area contributed by atoms with Gasteiger partial charge in [-0.05, 0) is 100.0 Å². The van der Waals surface area contributed by atoms with Crippen LogP contribution in [0.4, 0.5) is 0 Å². The molecule has 1 heterocycles. The fraction of sp³-hybridized carbons (Fsp3) is 0.625. The van der Waals surface area contributed by atoms with Gasteiger partial charge in [-0.15, -0.1) is 0 Å². The van der Waals surface area contributed by atoms with Crippen LogP contribution >= 0.6 is 0 Å². The molecule has 0 unspecified atom stereocenters. The van der Waals surface area contributed by atoms with E-state index < -0.39 is 0 Å². The zero-order chi connectivity index (χ0) is 35.7. The molecule has 0 saturated heterocycles. The van der Waals surface area contributed by atoms with E-state index in [2.05, 4.69) is 88.4 Å². The molecule has 0 amide bonds. The predicted molar refractivity (Wildman–Crippen MR) is 220 cm³/mol. The molecule has 2 aromatic rings. The van der Waals surface area contributed by atoms with Gasteiger partial charge in [0.1, 0.15) is 0 Å². The van der Waals surface area contributed by atoms with Crippen molar-refractivity contribution in [2.75, 3.05) is 0 Å². The summed E-state index contributed by atoms with van der Waals surface area (Å²) < 4.78 is 1.58. The summed E-state index contributed by atoms with van der Waals surface area (Å²) >= 11 is 0. The van der Waals surface area contributed by atoms with Crippen LogP contribution in [0.15, 0.2) is 71.8 Å². The molecular formula is C48H74N2. The highest BCUT2D eigenvalue weighted by Crippen LogP contribution is 2.45. The van der Waals surface area contributed by atoms with Crippen LogP contribution in [-0.2, 0) is 12.8 Å². The van der Waals surface area contributed by atoms with Crippen molar-refractivity contribution in [1.29, 1.82) is 0 Å². The summed E-state index contributed by atoms with van der Waals surface area (Å²) in [7, 11) is 0. The van der Waals surface area contributed by atoms with Crippen LogP contribution in [0.2, 0.25) is 0 Å². The Morgan fingerprint density at radius 3 is 1.56 bits per heavy atom. The van der Waals surface area contributed by atoms with E-state index in [4.69, 9.17) is 0 Å². The molecule has 2 nitrogen and oxygen atoms in total. The van der Waals surface area contributed by atoms with Gasteiger partial charge in [-0.25, -0.2) is 4.70 Å². The van der Waals surface area contributed by atoms with Crippen LogP contribution in [0.25, 0.3) is 16.9 Å². The van der Waals surface area contributed by atoms with E-state index >= 15 is 0 Å². The van der Waals surface area contributed by atoms with Crippen molar-refractivity contribution in [3.8, 4) is 0 Å². The summed E-state index contributed by atoms with van der Waals surface area (Å²) in [6.07, 6.45) is 37.7. The Morgan fingerprint density at radius 1 is 0.460 bits per heavy atom. The van der Waals surface area contributed by atoms with E-state index in [1.165, 1.54) is 131 Å². The van der Waals surface area contributed by atoms with Crippen molar-refractivity contribution >= 4 is 11.4 Å². The molecule has 0 saturated carbocycles. The quantitative estimate of drug-likeness (QED) is 0.0465. The Morgan fingerprint density at radius 2 is 0.960 bits per heavy atom. The molecule has 0 atom stereocenters. The Kier molecular flexibility index (Phi) is 21.8. The molecule has 0 aliphatic carbocycles. The fourth-order valence-electron chi connectivity index (χ4n) is 7.60. The van der Waals surface area contributed by atoms with Gasteiger partial charge >= 0.3 is 0 Å². The topological polar surface area (TPSA) is 25.3 Å². The molecule has 0 aromatic heterocycles. The molecule has 0 spiro atoms. The lowest BCUT2D eigenvalue weighted by molar-refractivity contribution is -0.345. The lowest BCUT2D eigenvalue weighted by atomic mass is 9.90. The van der Waals surface area contributed by atoms with E-state index in [-0.39, 0.29) is 0 Å². The van der Waals surface area contributed by atoms with E-state index in [9.17, 15) is 5.53 Å². The summed E-state index contributed by atoms with van der Waals surface area (Å²) in [4.78, 5) is 0. The summed E-state index contributed by atoms with van der Waals surface area (Å²) in [5.41, 5.74) is 22.0. The van der Waals surface area contributed by atoms with E-state index in [1.54, 1.807) is 4.70 Å². The maximum Gasteiger partial charge on any atom is 0.211 e. The molecule has 2 heteroatoms. The number of hydrogen-bond acceptors (Lipinski definition) is 0. The third-order valence-corrected chi connectivity index (χ3v) is 10.7. The highest BCUT2D eigenvalue weighted by Gasteiger charge is 2.35. The molecule has 0 radical (unpaired) electrons. The SMILES string of the molecule is CCCCCCCCCCCCCC=CCCCc1ccccc1C1=C(CCCC)C(CCCC)=C(c2ccc(CCCCCC)cc2)[N+]1=[N-]. The second-order valence-electron chi connectivity index (χ2n) is 15.0. The van der Waals surface area contributed by atoms with Crippen molar-refractivity contribution in [1.82, 2.24) is 0 Å². The number of rotatable bonds is 29. The van der Waals surface area contributed by atoms with Crippen LogP contribution in [-0.4, -0.2) is 4.70 Å². The summed E-state index contributed by atoms with van der Waals surface area (Å²) in [6, 6.07) is 18.0. The van der Waals surface area contributed by atoms with E-state index in [1.807, 2.05) is 0 Å². The predicted octanol–water partition coefficient (Wildman–Crippen LogP) is 15.9. The number of nitrogens with zero attached hydrogens (tertiary/aromatic N) is 2. The molecular weight excluding hydrogens is 605 g/mol. The fourth-order valence-corrected chi connectivity index (χ4v) is 7.60. The first-order valence-electron chi connectivity index (χ1n) is 21.4. The van der Waals surface area contributed by atoms with Gasteiger partial charge in [0.15, 0.2) is 0 Å². The first-order chi connectivity index (χ1) is 24.7. The van der Waals surface area contributed by atoms with Gasteiger partial charge < -0.3 is 5.53 Å². The summed E-state index contributed by atoms with van der Waals surface area (Å²) in [5.74, 6) is 0. The number of hydrogen-bond donors (Lipinski definition) is 0. The van der Waals surface area contributed by atoms with Crippen molar-refractivity contribution < 1.29 is 4.70 Å². The second kappa shape index (κ2) is 26.1. The van der Waals surface area contributed by atoms with Crippen LogP contribution in [0.1, 0.15) is 204 Å². The van der Waals surface area contributed by atoms with Gasteiger partial charge in [-0.1, -0.05) is 166 Å². The van der Waals surface area contributed by atoms with Crippen LogP contribution in [0.5, 0.6) is 0 Å². The number of allylic oxidation sites excluding steroid dienone is 4. The van der Waals surface area contributed by atoms with Crippen LogP contribution in [0.3, 0.4) is 0 Å². The minimum atomic E-state index is 1.01. The molecule has 50 heavy (non-hydrogen) atoms. The number of aryl methyl sites for hydroxylation is 2. The normalized spacial score (nSPS) is 13.5. The Hall–Kier alpha value is -2.74. The van der Waals surface area contributed by atoms with Crippen molar-refractivity contribution in [2.45, 2.75) is 195 Å². The zero-order valence-electron chi connectivity index (χ0n) is 33.1. The van der Waals surface area contributed by atoms with Crippen molar-refractivity contribution in [3.05, 3.63) is 99.6 Å². The van der Waals surface area contributed by atoms with Gasteiger partial charge in [0.2, 0.25) is 11.4 Å². The van der Waals surface area contributed by atoms with E-state index in [0.29, 0.717) is 0 Å².